The van der Waals surface area contributed by atoms with Gasteiger partial charge in [-0.1, -0.05) is 24.3 Å². The van der Waals surface area contributed by atoms with Gasteiger partial charge in [-0.25, -0.2) is 0 Å². The number of carbonyl (C=O) groups is 1. The number of methoxy groups -OCH3 is 1. The maximum Gasteiger partial charge on any atom is 0.258 e. The second-order valence-electron chi connectivity index (χ2n) is 5.52. The first-order valence-corrected chi connectivity index (χ1v) is 8.20. The number of hydrogen-bond donors (Lipinski definition) is 1. The summed E-state index contributed by atoms with van der Waals surface area (Å²) < 4.78 is 12.7. The highest BCUT2D eigenvalue weighted by Gasteiger charge is 2.10. The van der Waals surface area contributed by atoms with Crippen molar-refractivity contribution >= 4 is 17.6 Å². The number of hydrogen-bond acceptors (Lipinski definition) is 5. The lowest BCUT2D eigenvalue weighted by molar-refractivity contribution is -0.123. The third-order valence-corrected chi connectivity index (χ3v) is 3.73. The number of rotatable bonds is 7. The molecule has 1 amide bonds. The Balaban J connectivity index is 1.57. The van der Waals surface area contributed by atoms with Crippen LogP contribution >= 0.6 is 0 Å². The minimum atomic E-state index is -0.253. The highest BCUT2D eigenvalue weighted by atomic mass is 16.5. The van der Waals surface area contributed by atoms with Crippen LogP contribution in [-0.2, 0) is 11.3 Å². The Hall–Kier alpha value is -3.35. The van der Waals surface area contributed by atoms with Crippen LogP contribution in [0.25, 0.3) is 11.7 Å². The Morgan fingerprint density at radius 3 is 2.92 bits per heavy atom. The van der Waals surface area contributed by atoms with Crippen LogP contribution in [0.1, 0.15) is 18.3 Å². The third-order valence-electron chi connectivity index (χ3n) is 3.73. The normalized spacial score (nSPS) is 11.0. The number of carbonyl (C=O) groups excluding carboxylic acids is 1. The lowest BCUT2D eigenvalue weighted by Crippen LogP contribution is -2.29. The van der Waals surface area contributed by atoms with Gasteiger partial charge in [0, 0.05) is 6.20 Å². The summed E-state index contributed by atoms with van der Waals surface area (Å²) in [6.07, 6.45) is 5.75. The second kappa shape index (κ2) is 8.15. The molecule has 0 spiro atoms. The zero-order valence-electron chi connectivity index (χ0n) is 14.7. The van der Waals surface area contributed by atoms with Crippen molar-refractivity contribution < 1.29 is 14.3 Å². The van der Waals surface area contributed by atoms with Crippen molar-refractivity contribution in [2.45, 2.75) is 13.5 Å². The van der Waals surface area contributed by atoms with Crippen molar-refractivity contribution in [3.63, 3.8) is 0 Å². The monoisotopic (exact) mass is 352 g/mol. The summed E-state index contributed by atoms with van der Waals surface area (Å²) in [5.41, 5.74) is 1.73. The molecule has 0 atom stereocenters. The van der Waals surface area contributed by atoms with Crippen LogP contribution in [-0.4, -0.2) is 34.2 Å². The van der Waals surface area contributed by atoms with Gasteiger partial charge in [0.25, 0.3) is 5.91 Å². The molecule has 0 radical (unpaired) electrons. The smallest absolute Gasteiger partial charge is 0.258 e. The van der Waals surface area contributed by atoms with Gasteiger partial charge in [-0.05, 0) is 36.8 Å². The standard InChI is InChI=1S/C19H20N4O3/c1-3-6-14-8-9-15(16(11-14)25-2)26-13-19(24)20-12-18-22-21-17-7-4-5-10-23(17)18/h3-11H,12-13H2,1-2H3,(H,20,24)/b6-3+. The second-order valence-corrected chi connectivity index (χ2v) is 5.52. The highest BCUT2D eigenvalue weighted by molar-refractivity contribution is 5.77. The molecular formula is C19H20N4O3. The highest BCUT2D eigenvalue weighted by Crippen LogP contribution is 2.28. The quantitative estimate of drug-likeness (QED) is 0.707. The van der Waals surface area contributed by atoms with Crippen molar-refractivity contribution in [2.24, 2.45) is 0 Å². The summed E-state index contributed by atoms with van der Waals surface area (Å²) >= 11 is 0. The molecule has 0 saturated heterocycles. The molecule has 2 heterocycles. The van der Waals surface area contributed by atoms with Gasteiger partial charge in [0.2, 0.25) is 0 Å². The van der Waals surface area contributed by atoms with Crippen molar-refractivity contribution in [2.75, 3.05) is 13.7 Å². The fourth-order valence-electron chi connectivity index (χ4n) is 2.48. The first-order valence-electron chi connectivity index (χ1n) is 8.20. The Kier molecular flexibility index (Phi) is 5.48. The van der Waals surface area contributed by atoms with E-state index in [2.05, 4.69) is 15.5 Å². The van der Waals surface area contributed by atoms with Crippen LogP contribution < -0.4 is 14.8 Å². The molecule has 26 heavy (non-hydrogen) atoms. The number of nitrogens with zero attached hydrogens (tertiary/aromatic N) is 3. The fourth-order valence-corrected chi connectivity index (χ4v) is 2.48. The van der Waals surface area contributed by atoms with Gasteiger partial charge >= 0.3 is 0 Å². The zero-order chi connectivity index (χ0) is 18.4. The Morgan fingerprint density at radius 1 is 1.23 bits per heavy atom. The zero-order valence-corrected chi connectivity index (χ0v) is 14.7. The molecule has 7 nitrogen and oxygen atoms in total. The van der Waals surface area contributed by atoms with E-state index in [1.807, 2.05) is 60.0 Å². The van der Waals surface area contributed by atoms with Gasteiger partial charge in [-0.2, -0.15) is 0 Å². The van der Waals surface area contributed by atoms with E-state index < -0.39 is 0 Å². The SMILES string of the molecule is C/C=C/c1ccc(OCC(=O)NCc2nnc3ccccn23)c(OC)c1. The van der Waals surface area contributed by atoms with Gasteiger partial charge in [0.05, 0.1) is 13.7 Å². The number of pyridine rings is 1. The van der Waals surface area contributed by atoms with E-state index in [-0.39, 0.29) is 19.1 Å². The summed E-state index contributed by atoms with van der Waals surface area (Å²) in [6, 6.07) is 11.2. The van der Waals surface area contributed by atoms with Gasteiger partial charge in [-0.15, -0.1) is 10.2 Å². The van der Waals surface area contributed by atoms with Gasteiger partial charge in [-0.3, -0.25) is 9.20 Å². The van der Waals surface area contributed by atoms with Crippen LogP contribution in [0, 0.1) is 0 Å². The predicted molar refractivity (Wildman–Crippen MR) is 98.0 cm³/mol. The van der Waals surface area contributed by atoms with Crippen molar-refractivity contribution in [1.82, 2.24) is 19.9 Å². The largest absolute Gasteiger partial charge is 0.493 e. The van der Waals surface area contributed by atoms with E-state index >= 15 is 0 Å². The van der Waals surface area contributed by atoms with E-state index in [0.29, 0.717) is 17.3 Å². The van der Waals surface area contributed by atoms with Crippen LogP contribution in [0.5, 0.6) is 11.5 Å². The van der Waals surface area contributed by atoms with Gasteiger partial charge < -0.3 is 14.8 Å². The molecule has 0 fully saturated rings. The molecule has 2 aromatic heterocycles. The number of allylic oxidation sites excluding steroid dienone is 1. The first-order chi connectivity index (χ1) is 12.7. The van der Waals surface area contributed by atoms with Crippen LogP contribution in [0.4, 0.5) is 0 Å². The molecule has 3 aromatic rings. The molecule has 1 N–H and O–H groups in total. The van der Waals surface area contributed by atoms with Gasteiger partial charge in [0.15, 0.2) is 29.6 Å². The number of nitrogens with one attached hydrogen (secondary N) is 1. The summed E-state index contributed by atoms with van der Waals surface area (Å²) in [4.78, 5) is 12.1. The lowest BCUT2D eigenvalue weighted by Gasteiger charge is -2.11. The maximum atomic E-state index is 12.1. The van der Waals surface area contributed by atoms with E-state index in [4.69, 9.17) is 9.47 Å². The third kappa shape index (κ3) is 4.00. The lowest BCUT2D eigenvalue weighted by atomic mass is 10.2. The number of fused-ring (bicyclic) bond motifs is 1. The summed E-state index contributed by atoms with van der Waals surface area (Å²) in [6.45, 7) is 2.10. The van der Waals surface area contributed by atoms with E-state index in [9.17, 15) is 4.79 Å². The average molecular weight is 352 g/mol. The molecular weight excluding hydrogens is 332 g/mol. The van der Waals surface area contributed by atoms with E-state index in [1.165, 1.54) is 0 Å². The first kappa shape index (κ1) is 17.5. The molecule has 0 aliphatic rings. The van der Waals surface area contributed by atoms with Crippen LogP contribution in [0.15, 0.2) is 48.7 Å². The van der Waals surface area contributed by atoms with Gasteiger partial charge in [0.1, 0.15) is 0 Å². The summed E-state index contributed by atoms with van der Waals surface area (Å²) in [5.74, 6) is 1.50. The molecule has 0 saturated carbocycles. The summed E-state index contributed by atoms with van der Waals surface area (Å²) in [7, 11) is 1.57. The van der Waals surface area contributed by atoms with Crippen molar-refractivity contribution in [3.05, 3.63) is 60.1 Å². The number of amides is 1. The summed E-state index contributed by atoms with van der Waals surface area (Å²) in [5, 5.41) is 10.9. The molecule has 0 unspecified atom stereocenters. The topological polar surface area (TPSA) is 77.8 Å². The molecule has 7 heteroatoms. The molecule has 1 aromatic carbocycles. The number of aromatic nitrogens is 3. The van der Waals surface area contributed by atoms with Crippen LogP contribution in [0.3, 0.4) is 0 Å². The molecule has 0 aliphatic carbocycles. The Morgan fingerprint density at radius 2 is 2.12 bits per heavy atom. The Labute approximate surface area is 151 Å². The van der Waals surface area contributed by atoms with Crippen molar-refractivity contribution in [3.8, 4) is 11.5 Å². The molecule has 134 valence electrons. The molecule has 0 bridgehead atoms. The van der Waals surface area contributed by atoms with Crippen LogP contribution in [0.2, 0.25) is 0 Å². The number of ether oxygens (including phenoxy) is 2. The average Bonchev–Trinajstić information content (AvgIpc) is 3.08. The molecule has 3 rings (SSSR count). The number of benzene rings is 1. The molecule has 0 aliphatic heterocycles. The van der Waals surface area contributed by atoms with E-state index in [0.717, 1.165) is 11.2 Å². The fraction of sp³-hybridized carbons (Fsp3) is 0.211. The Bertz CT molecular complexity index is 933. The predicted octanol–water partition coefficient (Wildman–Crippen LogP) is 2.47. The van der Waals surface area contributed by atoms with E-state index in [1.54, 1.807) is 13.2 Å². The minimum Gasteiger partial charge on any atom is -0.493 e. The maximum absolute atomic E-state index is 12.1. The minimum absolute atomic E-state index is 0.115. The van der Waals surface area contributed by atoms with Crippen molar-refractivity contribution in [1.29, 1.82) is 0 Å².